The maximum atomic E-state index is 9.40. The van der Waals surface area contributed by atoms with Crippen molar-refractivity contribution in [2.24, 2.45) is 0 Å². The lowest BCUT2D eigenvalue weighted by atomic mass is 9.79. The van der Waals surface area contributed by atoms with Crippen LogP contribution in [0.3, 0.4) is 0 Å². The van der Waals surface area contributed by atoms with Crippen molar-refractivity contribution in [1.82, 2.24) is 29.5 Å². The van der Waals surface area contributed by atoms with Crippen LogP contribution < -0.4 is 0 Å². The topological polar surface area (TPSA) is 157 Å². The molecule has 2 aromatic carbocycles. The van der Waals surface area contributed by atoms with Crippen LogP contribution in [0.25, 0.3) is 0 Å². The van der Waals surface area contributed by atoms with Crippen LogP contribution in [0.4, 0.5) is 0 Å². The summed E-state index contributed by atoms with van der Waals surface area (Å²) >= 11 is 0. The summed E-state index contributed by atoms with van der Waals surface area (Å²) < 4.78 is 3.45. The third-order valence-corrected chi connectivity index (χ3v) is 7.61. The molecule has 4 rings (SSSR count). The molecule has 0 unspecified atom stereocenters. The lowest BCUT2D eigenvalue weighted by Crippen LogP contribution is -2.20. The maximum Gasteiger partial charge on any atom is 0.137 e. The van der Waals surface area contributed by atoms with Gasteiger partial charge in [-0.25, -0.2) is 19.3 Å². The van der Waals surface area contributed by atoms with Gasteiger partial charge in [0.2, 0.25) is 0 Å². The first-order valence-electron chi connectivity index (χ1n) is 14.2. The summed E-state index contributed by atoms with van der Waals surface area (Å²) in [5, 5.41) is 45.8. The molecule has 10 nitrogen and oxygen atoms in total. The van der Waals surface area contributed by atoms with Crippen LogP contribution in [-0.2, 0) is 34.7 Å². The molecule has 0 aliphatic heterocycles. The molecule has 0 amide bonds. The molecule has 0 aliphatic carbocycles. The molecule has 0 bridgehead atoms. The lowest BCUT2D eigenvalue weighted by Gasteiger charge is -2.23. The number of hydrogen-bond donors (Lipinski definition) is 0. The van der Waals surface area contributed by atoms with E-state index in [0.717, 1.165) is 33.4 Å². The van der Waals surface area contributed by atoms with Crippen LogP contribution in [0.1, 0.15) is 88.8 Å². The van der Waals surface area contributed by atoms with Crippen LogP contribution in [0, 0.1) is 45.3 Å². The van der Waals surface area contributed by atoms with Gasteiger partial charge in [-0.15, -0.1) is 0 Å². The molecule has 0 atom stereocenters. The van der Waals surface area contributed by atoms with E-state index in [-0.39, 0.29) is 0 Å². The number of hydrogen-bond acceptors (Lipinski definition) is 8. The van der Waals surface area contributed by atoms with Crippen molar-refractivity contribution < 1.29 is 0 Å². The van der Waals surface area contributed by atoms with Gasteiger partial charge < -0.3 is 0 Å². The van der Waals surface area contributed by atoms with Gasteiger partial charge in [0.25, 0.3) is 0 Å². The highest BCUT2D eigenvalue weighted by atomic mass is 15.3. The molecule has 10 heteroatoms. The first kappa shape index (κ1) is 33.2. The molecule has 0 fully saturated rings. The van der Waals surface area contributed by atoms with Crippen molar-refractivity contribution in [3.8, 4) is 24.3 Å². The molecule has 224 valence electrons. The van der Waals surface area contributed by atoms with E-state index in [1.807, 2.05) is 91.8 Å². The van der Waals surface area contributed by atoms with E-state index in [9.17, 15) is 21.0 Å². The summed E-state index contributed by atoms with van der Waals surface area (Å²) in [5.74, 6) is 0. The van der Waals surface area contributed by atoms with Crippen molar-refractivity contribution in [3.63, 3.8) is 0 Å². The van der Waals surface area contributed by atoms with Crippen molar-refractivity contribution >= 4 is 0 Å². The van der Waals surface area contributed by atoms with Gasteiger partial charge in [-0.3, -0.25) is 0 Å². The molecule has 0 N–H and O–H groups in total. The molecule has 44 heavy (non-hydrogen) atoms. The summed E-state index contributed by atoms with van der Waals surface area (Å²) in [6, 6.07) is 21.2. The van der Waals surface area contributed by atoms with E-state index in [1.54, 1.807) is 22.0 Å². The van der Waals surface area contributed by atoms with Crippen molar-refractivity contribution in [2.75, 3.05) is 0 Å². The zero-order valence-electron chi connectivity index (χ0n) is 26.7. The Bertz CT molecular complexity index is 1530. The average molecular weight is 587 g/mol. The normalized spacial score (nSPS) is 11.7. The fourth-order valence-corrected chi connectivity index (χ4v) is 4.27. The zero-order chi connectivity index (χ0) is 32.8. The fourth-order valence-electron chi connectivity index (χ4n) is 4.27. The van der Waals surface area contributed by atoms with E-state index in [1.165, 1.54) is 12.7 Å². The fraction of sp³-hybridized carbons (Fsp3) is 0.412. The number of benzene rings is 2. The molecule has 0 radical (unpaired) electrons. The van der Waals surface area contributed by atoms with E-state index in [2.05, 4.69) is 44.4 Å². The maximum absolute atomic E-state index is 9.40. The smallest absolute Gasteiger partial charge is 0.137 e. The average Bonchev–Trinajstić information content (AvgIpc) is 3.72. The Hall–Kier alpha value is -5.32. The van der Waals surface area contributed by atoms with E-state index < -0.39 is 21.7 Å². The van der Waals surface area contributed by atoms with Crippen LogP contribution in [0.2, 0.25) is 0 Å². The second-order valence-electron chi connectivity index (χ2n) is 13.0. The van der Waals surface area contributed by atoms with Crippen LogP contribution >= 0.6 is 0 Å². The van der Waals surface area contributed by atoms with Crippen molar-refractivity contribution in [3.05, 3.63) is 95.1 Å². The molecule has 0 saturated carbocycles. The second-order valence-corrected chi connectivity index (χ2v) is 13.0. The third kappa shape index (κ3) is 7.94. The highest BCUT2D eigenvalue weighted by Crippen LogP contribution is 2.32. The molecular formula is C34H38N10. The second kappa shape index (κ2) is 12.9. The first-order valence-corrected chi connectivity index (χ1v) is 14.2. The SMILES string of the molecule is CC(C)(C#N)c1cc(Cn2cncn2)cc(C(C)(C)C#N)c1.CC(C)(C#N)c1cc(Cn2cncn2)cc(C(C)(C)C#N)c1. The van der Waals surface area contributed by atoms with E-state index >= 15 is 0 Å². The molecule has 0 saturated heterocycles. The molecule has 0 spiro atoms. The largest absolute Gasteiger partial charge is 0.249 e. The number of nitrogens with zero attached hydrogens (tertiary/aromatic N) is 10. The van der Waals surface area contributed by atoms with Gasteiger partial charge in [0.15, 0.2) is 0 Å². The van der Waals surface area contributed by atoms with Gasteiger partial charge in [0.05, 0.1) is 59.0 Å². The van der Waals surface area contributed by atoms with Gasteiger partial charge in [0, 0.05) is 0 Å². The summed E-state index contributed by atoms with van der Waals surface area (Å²) in [6.07, 6.45) is 6.28. The number of nitriles is 4. The van der Waals surface area contributed by atoms with Gasteiger partial charge in [-0.1, -0.05) is 36.4 Å². The highest BCUT2D eigenvalue weighted by Gasteiger charge is 2.27. The van der Waals surface area contributed by atoms with E-state index in [4.69, 9.17) is 0 Å². The Kier molecular flexibility index (Phi) is 9.73. The predicted octanol–water partition coefficient (Wildman–Crippen LogP) is 5.86. The van der Waals surface area contributed by atoms with Crippen LogP contribution in [0.5, 0.6) is 0 Å². The quantitative estimate of drug-likeness (QED) is 0.248. The minimum absolute atomic E-state index is 0.559. The predicted molar refractivity (Wildman–Crippen MR) is 166 cm³/mol. The van der Waals surface area contributed by atoms with Crippen molar-refractivity contribution in [2.45, 2.75) is 90.1 Å². The number of rotatable bonds is 8. The molecule has 2 heterocycles. The summed E-state index contributed by atoms with van der Waals surface area (Å²) in [6.45, 7) is 16.2. The third-order valence-electron chi connectivity index (χ3n) is 7.61. The zero-order valence-corrected chi connectivity index (χ0v) is 26.7. The Balaban J connectivity index is 0.000000240. The van der Waals surface area contributed by atoms with Crippen molar-refractivity contribution in [1.29, 1.82) is 21.0 Å². The lowest BCUT2D eigenvalue weighted by molar-refractivity contribution is 0.645. The Morgan fingerprint density at radius 1 is 0.500 bits per heavy atom. The Morgan fingerprint density at radius 2 is 0.773 bits per heavy atom. The minimum atomic E-state index is -0.612. The van der Waals surface area contributed by atoms with Gasteiger partial charge in [0.1, 0.15) is 25.3 Å². The van der Waals surface area contributed by atoms with Gasteiger partial charge in [-0.2, -0.15) is 31.2 Å². The van der Waals surface area contributed by atoms with Crippen LogP contribution in [0.15, 0.2) is 61.7 Å². The molecule has 2 aromatic heterocycles. The summed E-state index contributed by atoms with van der Waals surface area (Å²) in [7, 11) is 0. The minimum Gasteiger partial charge on any atom is -0.249 e. The first-order chi connectivity index (χ1) is 20.6. The summed E-state index contributed by atoms with van der Waals surface area (Å²) in [4.78, 5) is 7.88. The van der Waals surface area contributed by atoms with Gasteiger partial charge >= 0.3 is 0 Å². The van der Waals surface area contributed by atoms with Crippen LogP contribution in [-0.4, -0.2) is 29.5 Å². The van der Waals surface area contributed by atoms with E-state index in [0.29, 0.717) is 13.1 Å². The number of aromatic nitrogens is 6. The Morgan fingerprint density at radius 3 is 0.977 bits per heavy atom. The molecule has 0 aliphatic rings. The highest BCUT2D eigenvalue weighted by molar-refractivity contribution is 5.44. The summed E-state index contributed by atoms with van der Waals surface area (Å²) in [5.41, 5.74) is 3.19. The molecular weight excluding hydrogens is 548 g/mol. The van der Waals surface area contributed by atoms with Gasteiger partial charge in [-0.05, 0) is 88.8 Å². The monoisotopic (exact) mass is 586 g/mol. The molecule has 4 aromatic rings. The standard InChI is InChI=1S/2C17H19N5/c2*1-16(2,9-18)14-5-13(8-22-12-20-11-21-22)6-15(7-14)17(3,4)10-19/h2*5-7,11-12H,8H2,1-4H3. The Labute approximate surface area is 259 Å².